The Morgan fingerprint density at radius 3 is 2.94 bits per heavy atom. The summed E-state index contributed by atoms with van der Waals surface area (Å²) in [5, 5.41) is 3.45. The number of halogens is 2. The smallest absolute Gasteiger partial charge is 0.0826 e. The largest absolute Gasteiger partial charge is 0.374 e. The molecule has 18 heavy (non-hydrogen) atoms. The molecule has 1 heterocycles. The number of nitrogens with zero attached hydrogens (tertiary/aromatic N) is 1. The quantitative estimate of drug-likeness (QED) is 0.872. The molecule has 0 radical (unpaired) electrons. The molecule has 100 valence electrons. The summed E-state index contributed by atoms with van der Waals surface area (Å²) in [6.07, 6.45) is 0.308. The molecule has 5 heteroatoms. The van der Waals surface area contributed by atoms with Gasteiger partial charge in [0.2, 0.25) is 0 Å². The highest BCUT2D eigenvalue weighted by molar-refractivity contribution is 9.13. The topological polar surface area (TPSA) is 24.5 Å². The minimum absolute atomic E-state index is 0.308. The monoisotopic (exact) mass is 376 g/mol. The lowest BCUT2D eigenvalue weighted by atomic mass is 10.2. The van der Waals surface area contributed by atoms with Crippen LogP contribution in [0.5, 0.6) is 0 Å². The van der Waals surface area contributed by atoms with E-state index in [-0.39, 0.29) is 0 Å². The third-order valence-electron chi connectivity index (χ3n) is 3.03. The summed E-state index contributed by atoms with van der Waals surface area (Å²) in [6.45, 7) is 4.66. The molecule has 1 fully saturated rings. The summed E-state index contributed by atoms with van der Waals surface area (Å²) in [4.78, 5) is 2.31. The van der Waals surface area contributed by atoms with Gasteiger partial charge in [-0.25, -0.2) is 0 Å². The van der Waals surface area contributed by atoms with E-state index < -0.39 is 0 Å². The van der Waals surface area contributed by atoms with Gasteiger partial charge in [0.15, 0.2) is 0 Å². The van der Waals surface area contributed by atoms with E-state index >= 15 is 0 Å². The van der Waals surface area contributed by atoms with E-state index in [1.807, 2.05) is 0 Å². The zero-order chi connectivity index (χ0) is 13.0. The highest BCUT2D eigenvalue weighted by atomic mass is 79.9. The van der Waals surface area contributed by atoms with Crippen LogP contribution in [0.25, 0.3) is 0 Å². The average molecular weight is 378 g/mol. The van der Waals surface area contributed by atoms with Crippen LogP contribution in [0.1, 0.15) is 5.56 Å². The summed E-state index contributed by atoms with van der Waals surface area (Å²) in [6, 6.07) is 6.31. The van der Waals surface area contributed by atoms with Crippen molar-refractivity contribution in [3.05, 3.63) is 32.7 Å². The van der Waals surface area contributed by atoms with Crippen LogP contribution < -0.4 is 5.32 Å². The van der Waals surface area contributed by atoms with Gasteiger partial charge in [-0.1, -0.05) is 6.07 Å². The average Bonchev–Trinajstić information content (AvgIpc) is 2.34. The van der Waals surface area contributed by atoms with Crippen molar-refractivity contribution in [1.29, 1.82) is 0 Å². The lowest BCUT2D eigenvalue weighted by Gasteiger charge is -2.30. The van der Waals surface area contributed by atoms with Crippen molar-refractivity contribution in [3.8, 4) is 0 Å². The molecule has 0 bridgehead atoms. The standard InChI is InChI=1S/C13H18Br2N2O/c1-17-4-5-18-11(9-17)8-16-7-10-2-3-12(14)13(15)6-10/h2-3,6,11,16H,4-5,7-9H2,1H3. The van der Waals surface area contributed by atoms with Crippen LogP contribution in [0.4, 0.5) is 0 Å². The number of rotatable bonds is 4. The molecule has 0 amide bonds. The predicted octanol–water partition coefficient (Wildman–Crippen LogP) is 2.63. The summed E-state index contributed by atoms with van der Waals surface area (Å²) in [5.41, 5.74) is 1.27. The molecule has 0 aromatic heterocycles. The van der Waals surface area contributed by atoms with E-state index in [1.165, 1.54) is 5.56 Å². The number of morpholine rings is 1. The fourth-order valence-electron chi connectivity index (χ4n) is 2.02. The van der Waals surface area contributed by atoms with E-state index in [1.54, 1.807) is 0 Å². The first-order valence-corrected chi connectivity index (χ1v) is 7.68. The van der Waals surface area contributed by atoms with Crippen molar-refractivity contribution in [2.45, 2.75) is 12.6 Å². The Morgan fingerprint density at radius 2 is 2.22 bits per heavy atom. The van der Waals surface area contributed by atoms with Gasteiger partial charge in [0.1, 0.15) is 0 Å². The van der Waals surface area contributed by atoms with Gasteiger partial charge in [0.25, 0.3) is 0 Å². The third kappa shape index (κ3) is 4.31. The maximum Gasteiger partial charge on any atom is 0.0826 e. The van der Waals surface area contributed by atoms with Crippen molar-refractivity contribution in [1.82, 2.24) is 10.2 Å². The fourth-order valence-corrected chi connectivity index (χ4v) is 2.69. The number of likely N-dealkylation sites (N-methyl/N-ethyl adjacent to an activating group) is 1. The summed E-state index contributed by atoms with van der Waals surface area (Å²) < 4.78 is 7.89. The fraction of sp³-hybridized carbons (Fsp3) is 0.538. The molecular weight excluding hydrogens is 360 g/mol. The second-order valence-corrected chi connectivity index (χ2v) is 6.34. The highest BCUT2D eigenvalue weighted by Crippen LogP contribution is 2.23. The van der Waals surface area contributed by atoms with Crippen LogP contribution in [0.2, 0.25) is 0 Å². The van der Waals surface area contributed by atoms with Gasteiger partial charge in [0, 0.05) is 35.1 Å². The summed E-state index contributed by atoms with van der Waals surface area (Å²) >= 11 is 6.99. The summed E-state index contributed by atoms with van der Waals surface area (Å²) in [5.74, 6) is 0. The van der Waals surface area contributed by atoms with E-state index in [0.29, 0.717) is 6.10 Å². The number of benzene rings is 1. The van der Waals surface area contributed by atoms with Crippen LogP contribution in [-0.4, -0.2) is 44.3 Å². The van der Waals surface area contributed by atoms with Crippen molar-refractivity contribution < 1.29 is 4.74 Å². The Bertz CT molecular complexity index is 401. The number of ether oxygens (including phenoxy) is 1. The molecule has 1 atom stereocenters. The Kier molecular flexibility index (Phi) is 5.63. The molecule has 0 aliphatic carbocycles. The van der Waals surface area contributed by atoms with Gasteiger partial charge in [-0.05, 0) is 56.6 Å². The van der Waals surface area contributed by atoms with Crippen LogP contribution in [0.3, 0.4) is 0 Å². The molecule has 1 N–H and O–H groups in total. The Hall–Kier alpha value is 0.0600. The lowest BCUT2D eigenvalue weighted by Crippen LogP contribution is -2.44. The Labute approximate surface area is 125 Å². The molecule has 0 spiro atoms. The molecule has 2 rings (SSSR count). The minimum Gasteiger partial charge on any atom is -0.374 e. The van der Waals surface area contributed by atoms with Gasteiger partial charge in [-0.3, -0.25) is 0 Å². The molecular formula is C13H18Br2N2O. The first-order chi connectivity index (χ1) is 8.65. The van der Waals surface area contributed by atoms with Crippen LogP contribution >= 0.6 is 31.9 Å². The molecule has 1 aliphatic rings. The van der Waals surface area contributed by atoms with E-state index in [0.717, 1.165) is 41.7 Å². The minimum atomic E-state index is 0.308. The Balaban J connectivity index is 1.76. The van der Waals surface area contributed by atoms with Crippen molar-refractivity contribution >= 4 is 31.9 Å². The van der Waals surface area contributed by atoms with E-state index in [2.05, 4.69) is 67.3 Å². The van der Waals surface area contributed by atoms with E-state index in [4.69, 9.17) is 4.74 Å². The molecule has 0 saturated carbocycles. The molecule has 1 unspecified atom stereocenters. The molecule has 3 nitrogen and oxygen atoms in total. The van der Waals surface area contributed by atoms with Crippen LogP contribution in [-0.2, 0) is 11.3 Å². The highest BCUT2D eigenvalue weighted by Gasteiger charge is 2.16. The lowest BCUT2D eigenvalue weighted by molar-refractivity contribution is -0.0182. The van der Waals surface area contributed by atoms with Gasteiger partial charge in [-0.15, -0.1) is 0 Å². The van der Waals surface area contributed by atoms with Gasteiger partial charge in [0.05, 0.1) is 12.7 Å². The van der Waals surface area contributed by atoms with Crippen LogP contribution in [0.15, 0.2) is 27.1 Å². The van der Waals surface area contributed by atoms with Gasteiger partial charge < -0.3 is 15.0 Å². The maximum atomic E-state index is 5.71. The Morgan fingerprint density at radius 1 is 1.39 bits per heavy atom. The first kappa shape index (κ1) is 14.5. The van der Waals surface area contributed by atoms with E-state index in [9.17, 15) is 0 Å². The zero-order valence-electron chi connectivity index (χ0n) is 10.5. The van der Waals surface area contributed by atoms with Crippen molar-refractivity contribution in [2.24, 2.45) is 0 Å². The number of nitrogens with one attached hydrogen (secondary N) is 1. The maximum absolute atomic E-state index is 5.71. The van der Waals surface area contributed by atoms with Crippen molar-refractivity contribution in [3.63, 3.8) is 0 Å². The van der Waals surface area contributed by atoms with Crippen molar-refractivity contribution in [2.75, 3.05) is 33.3 Å². The number of hydrogen-bond donors (Lipinski definition) is 1. The predicted molar refractivity (Wildman–Crippen MR) is 80.8 cm³/mol. The van der Waals surface area contributed by atoms with Crippen LogP contribution in [0, 0.1) is 0 Å². The SMILES string of the molecule is CN1CCOC(CNCc2ccc(Br)c(Br)c2)C1. The zero-order valence-corrected chi connectivity index (χ0v) is 13.6. The van der Waals surface area contributed by atoms with Gasteiger partial charge in [-0.2, -0.15) is 0 Å². The summed E-state index contributed by atoms with van der Waals surface area (Å²) in [7, 11) is 2.14. The molecule has 1 aromatic rings. The first-order valence-electron chi connectivity index (χ1n) is 6.10. The normalized spacial score (nSPS) is 21.2. The molecule has 1 aromatic carbocycles. The number of hydrogen-bond acceptors (Lipinski definition) is 3. The van der Waals surface area contributed by atoms with Gasteiger partial charge >= 0.3 is 0 Å². The molecule has 1 saturated heterocycles. The second-order valence-electron chi connectivity index (χ2n) is 4.63. The molecule has 1 aliphatic heterocycles. The third-order valence-corrected chi connectivity index (χ3v) is 4.91. The second kappa shape index (κ2) is 7.01.